The molecule has 0 fully saturated rings. The SMILES string of the molecule is Clc1nccc2c3c(ccc12)OCC3. The number of ether oxygens (including phenoxy) is 1. The molecule has 0 N–H and O–H groups in total. The van der Waals surface area contributed by atoms with Crippen molar-refractivity contribution in [1.82, 2.24) is 4.98 Å². The largest absolute Gasteiger partial charge is 0.493 e. The maximum Gasteiger partial charge on any atom is 0.136 e. The number of hydrogen-bond donors (Lipinski definition) is 0. The third-order valence-corrected chi connectivity index (χ3v) is 2.88. The molecule has 0 amide bonds. The van der Waals surface area contributed by atoms with Gasteiger partial charge in [0.05, 0.1) is 6.61 Å². The molecule has 0 bridgehead atoms. The fourth-order valence-electron chi connectivity index (χ4n) is 1.92. The molecule has 0 radical (unpaired) electrons. The molecule has 2 heterocycles. The Bertz CT molecular complexity index is 510. The number of benzene rings is 1. The maximum absolute atomic E-state index is 6.01. The monoisotopic (exact) mass is 205 g/mol. The van der Waals surface area contributed by atoms with Gasteiger partial charge in [-0.3, -0.25) is 0 Å². The lowest BCUT2D eigenvalue weighted by Gasteiger charge is -2.04. The Kier molecular flexibility index (Phi) is 1.64. The van der Waals surface area contributed by atoms with E-state index < -0.39 is 0 Å². The quantitative estimate of drug-likeness (QED) is 0.617. The summed E-state index contributed by atoms with van der Waals surface area (Å²) >= 11 is 6.01. The first-order valence-corrected chi connectivity index (χ1v) is 4.93. The lowest BCUT2D eigenvalue weighted by atomic mass is 10.0. The summed E-state index contributed by atoms with van der Waals surface area (Å²) in [7, 11) is 0. The van der Waals surface area contributed by atoms with E-state index in [1.807, 2.05) is 18.2 Å². The van der Waals surface area contributed by atoms with Gasteiger partial charge in [0.15, 0.2) is 0 Å². The van der Waals surface area contributed by atoms with Crippen LogP contribution in [0, 0.1) is 0 Å². The van der Waals surface area contributed by atoms with Gasteiger partial charge in [0.25, 0.3) is 0 Å². The minimum Gasteiger partial charge on any atom is -0.493 e. The van der Waals surface area contributed by atoms with E-state index in [9.17, 15) is 0 Å². The number of nitrogens with zero attached hydrogens (tertiary/aromatic N) is 1. The minimum absolute atomic E-state index is 0.567. The number of pyridine rings is 1. The van der Waals surface area contributed by atoms with Gasteiger partial charge < -0.3 is 4.74 Å². The molecule has 0 unspecified atom stereocenters. The normalized spacial score (nSPS) is 14.1. The highest BCUT2D eigenvalue weighted by atomic mass is 35.5. The van der Waals surface area contributed by atoms with E-state index in [1.54, 1.807) is 6.20 Å². The summed E-state index contributed by atoms with van der Waals surface area (Å²) in [5, 5.41) is 2.75. The van der Waals surface area contributed by atoms with Crippen LogP contribution in [0.15, 0.2) is 24.4 Å². The second-order valence-corrected chi connectivity index (χ2v) is 3.70. The summed E-state index contributed by atoms with van der Waals surface area (Å²) in [6.45, 7) is 0.772. The zero-order valence-corrected chi connectivity index (χ0v) is 8.21. The van der Waals surface area contributed by atoms with Gasteiger partial charge in [0, 0.05) is 23.6 Å². The average Bonchev–Trinajstić information content (AvgIpc) is 2.66. The second kappa shape index (κ2) is 2.85. The van der Waals surface area contributed by atoms with E-state index in [0.29, 0.717) is 5.15 Å². The molecule has 1 aromatic carbocycles. The lowest BCUT2D eigenvalue weighted by molar-refractivity contribution is 0.357. The van der Waals surface area contributed by atoms with Gasteiger partial charge in [-0.2, -0.15) is 0 Å². The Morgan fingerprint density at radius 1 is 1.21 bits per heavy atom. The van der Waals surface area contributed by atoms with Crippen molar-refractivity contribution in [2.24, 2.45) is 0 Å². The molecule has 2 nitrogen and oxygen atoms in total. The van der Waals surface area contributed by atoms with Crippen molar-refractivity contribution in [1.29, 1.82) is 0 Å². The molecule has 0 saturated carbocycles. The average molecular weight is 206 g/mol. The molecule has 1 aromatic heterocycles. The van der Waals surface area contributed by atoms with Crippen molar-refractivity contribution in [2.75, 3.05) is 6.61 Å². The number of halogens is 1. The van der Waals surface area contributed by atoms with Crippen LogP contribution in [-0.4, -0.2) is 11.6 Å². The Balaban J connectivity index is 2.44. The molecule has 70 valence electrons. The van der Waals surface area contributed by atoms with E-state index in [4.69, 9.17) is 16.3 Å². The molecule has 2 aromatic rings. The van der Waals surface area contributed by atoms with E-state index in [2.05, 4.69) is 4.98 Å². The zero-order valence-electron chi connectivity index (χ0n) is 7.46. The molecule has 1 aliphatic rings. The van der Waals surface area contributed by atoms with E-state index in [1.165, 1.54) is 10.9 Å². The first-order valence-electron chi connectivity index (χ1n) is 4.55. The van der Waals surface area contributed by atoms with Crippen LogP contribution in [0.1, 0.15) is 5.56 Å². The van der Waals surface area contributed by atoms with Gasteiger partial charge >= 0.3 is 0 Å². The Morgan fingerprint density at radius 2 is 2.14 bits per heavy atom. The number of hydrogen-bond acceptors (Lipinski definition) is 2. The topological polar surface area (TPSA) is 22.1 Å². The fourth-order valence-corrected chi connectivity index (χ4v) is 2.14. The minimum atomic E-state index is 0.567. The van der Waals surface area contributed by atoms with Crippen molar-refractivity contribution in [3.8, 4) is 5.75 Å². The van der Waals surface area contributed by atoms with Crippen molar-refractivity contribution < 1.29 is 4.74 Å². The van der Waals surface area contributed by atoms with Crippen molar-refractivity contribution in [3.63, 3.8) is 0 Å². The standard InChI is InChI=1S/C11H8ClNO/c12-11-9-1-2-10-8(4-6-14-10)7(9)3-5-13-11/h1-3,5H,4,6H2. The van der Waals surface area contributed by atoms with Crippen LogP contribution in [0.3, 0.4) is 0 Å². The van der Waals surface area contributed by atoms with Crippen LogP contribution in [0.25, 0.3) is 10.8 Å². The Hall–Kier alpha value is -1.28. The summed E-state index contributed by atoms with van der Waals surface area (Å²) in [4.78, 5) is 4.06. The predicted octanol–water partition coefficient (Wildman–Crippen LogP) is 2.82. The Morgan fingerprint density at radius 3 is 3.07 bits per heavy atom. The van der Waals surface area contributed by atoms with E-state index >= 15 is 0 Å². The summed E-state index contributed by atoms with van der Waals surface area (Å²) in [5.41, 5.74) is 1.26. The highest BCUT2D eigenvalue weighted by Gasteiger charge is 2.15. The van der Waals surface area contributed by atoms with Gasteiger partial charge in [0.1, 0.15) is 10.9 Å². The first-order chi connectivity index (χ1) is 6.86. The van der Waals surface area contributed by atoms with Crippen molar-refractivity contribution >= 4 is 22.4 Å². The summed E-state index contributed by atoms with van der Waals surface area (Å²) in [6, 6.07) is 5.93. The maximum atomic E-state index is 6.01. The molecule has 0 spiro atoms. The molecule has 0 atom stereocenters. The number of fused-ring (bicyclic) bond motifs is 3. The van der Waals surface area contributed by atoms with Crippen LogP contribution < -0.4 is 4.74 Å². The molecular weight excluding hydrogens is 198 g/mol. The molecule has 0 aliphatic carbocycles. The number of rotatable bonds is 0. The summed E-state index contributed by atoms with van der Waals surface area (Å²) in [5.74, 6) is 0.986. The highest BCUT2D eigenvalue weighted by molar-refractivity contribution is 6.34. The molecule has 1 aliphatic heterocycles. The van der Waals surface area contributed by atoms with Gasteiger partial charge in [0.2, 0.25) is 0 Å². The molecule has 3 rings (SSSR count). The second-order valence-electron chi connectivity index (χ2n) is 3.34. The van der Waals surface area contributed by atoms with Gasteiger partial charge in [-0.25, -0.2) is 4.98 Å². The molecule has 0 saturated heterocycles. The fraction of sp³-hybridized carbons (Fsp3) is 0.182. The van der Waals surface area contributed by atoms with Gasteiger partial charge in [-0.05, 0) is 23.6 Å². The zero-order chi connectivity index (χ0) is 9.54. The third-order valence-electron chi connectivity index (χ3n) is 2.58. The smallest absolute Gasteiger partial charge is 0.136 e. The van der Waals surface area contributed by atoms with Crippen LogP contribution >= 0.6 is 11.6 Å². The summed E-state index contributed by atoms with van der Waals surface area (Å²) in [6.07, 6.45) is 2.70. The molecule has 14 heavy (non-hydrogen) atoms. The van der Waals surface area contributed by atoms with Crippen LogP contribution in [0.5, 0.6) is 5.75 Å². The van der Waals surface area contributed by atoms with Crippen LogP contribution in [0.2, 0.25) is 5.15 Å². The van der Waals surface area contributed by atoms with Crippen molar-refractivity contribution in [3.05, 3.63) is 35.1 Å². The molecular formula is C11H8ClNO. The Labute approximate surface area is 86.5 Å². The van der Waals surface area contributed by atoms with Crippen LogP contribution in [-0.2, 0) is 6.42 Å². The molecule has 3 heteroatoms. The van der Waals surface area contributed by atoms with E-state index in [-0.39, 0.29) is 0 Å². The highest BCUT2D eigenvalue weighted by Crippen LogP contribution is 2.34. The third kappa shape index (κ3) is 1.01. The number of aromatic nitrogens is 1. The lowest BCUT2D eigenvalue weighted by Crippen LogP contribution is -1.86. The van der Waals surface area contributed by atoms with E-state index in [0.717, 1.165) is 24.2 Å². The van der Waals surface area contributed by atoms with Gasteiger partial charge in [-0.15, -0.1) is 0 Å². The first kappa shape index (κ1) is 8.06. The van der Waals surface area contributed by atoms with Crippen LogP contribution in [0.4, 0.5) is 0 Å². The van der Waals surface area contributed by atoms with Crippen molar-refractivity contribution in [2.45, 2.75) is 6.42 Å². The predicted molar refractivity (Wildman–Crippen MR) is 56.0 cm³/mol. The van der Waals surface area contributed by atoms with Gasteiger partial charge in [-0.1, -0.05) is 11.6 Å². The summed E-state index contributed by atoms with van der Waals surface area (Å²) < 4.78 is 5.48.